The monoisotopic (exact) mass is 492 g/mol. The molecule has 0 aromatic carbocycles. The Morgan fingerprint density at radius 2 is 1.66 bits per heavy atom. The van der Waals surface area contributed by atoms with Crippen molar-refractivity contribution in [2.45, 2.75) is 110 Å². The smallest absolute Gasteiger partial charge is 0.243 e. The van der Waals surface area contributed by atoms with Crippen LogP contribution in [0.3, 0.4) is 0 Å². The van der Waals surface area contributed by atoms with Crippen molar-refractivity contribution >= 4 is 11.8 Å². The van der Waals surface area contributed by atoms with Crippen LogP contribution in [-0.2, 0) is 9.59 Å². The summed E-state index contributed by atoms with van der Waals surface area (Å²) >= 11 is 0. The van der Waals surface area contributed by atoms with E-state index in [-0.39, 0.29) is 35.4 Å². The Bertz CT molecular complexity index is 776. The molecule has 4 aliphatic rings. The zero-order valence-corrected chi connectivity index (χ0v) is 22.0. The first kappa shape index (κ1) is 26.9. The lowest BCUT2D eigenvalue weighted by molar-refractivity contribution is -0.174. The third-order valence-corrected chi connectivity index (χ3v) is 11.3. The highest BCUT2D eigenvalue weighted by Crippen LogP contribution is 2.68. The first-order chi connectivity index (χ1) is 16.6. The first-order valence-electron chi connectivity index (χ1n) is 14.2. The molecule has 2 amide bonds. The van der Waals surface area contributed by atoms with E-state index in [4.69, 9.17) is 5.21 Å². The van der Waals surface area contributed by atoms with Crippen LogP contribution in [0.1, 0.15) is 97.8 Å². The molecule has 4 rings (SSSR count). The molecule has 4 aliphatic carbocycles. The summed E-state index contributed by atoms with van der Waals surface area (Å²) in [5.41, 5.74) is 2.09. The second-order valence-electron chi connectivity index (χ2n) is 13.0. The lowest BCUT2D eigenvalue weighted by Gasteiger charge is -2.62. The summed E-state index contributed by atoms with van der Waals surface area (Å²) in [5, 5.41) is 33.1. The number of carbonyl (C=O) groups is 2. The van der Waals surface area contributed by atoms with E-state index in [1.54, 1.807) is 5.48 Å². The van der Waals surface area contributed by atoms with E-state index in [0.717, 1.165) is 32.1 Å². The van der Waals surface area contributed by atoms with Gasteiger partial charge in [0, 0.05) is 19.4 Å². The number of fused-ring (bicyclic) bond motifs is 5. The third kappa shape index (κ3) is 5.15. The Labute approximate surface area is 210 Å². The third-order valence-electron chi connectivity index (χ3n) is 11.3. The van der Waals surface area contributed by atoms with Crippen molar-refractivity contribution in [1.82, 2.24) is 10.8 Å². The van der Waals surface area contributed by atoms with Crippen LogP contribution >= 0.6 is 0 Å². The summed E-state index contributed by atoms with van der Waals surface area (Å²) in [6.07, 6.45) is 10.1. The Balaban J connectivity index is 1.34. The number of carbonyl (C=O) groups excluding carboxylic acids is 2. The van der Waals surface area contributed by atoms with Gasteiger partial charge >= 0.3 is 0 Å². The van der Waals surface area contributed by atoms with Gasteiger partial charge in [-0.15, -0.1) is 0 Å². The molecule has 4 saturated carbocycles. The number of hydrogen-bond acceptors (Lipinski definition) is 5. The molecular formula is C28H48N2O5. The zero-order chi connectivity index (χ0) is 25.4. The second kappa shape index (κ2) is 10.7. The Hall–Kier alpha value is -1.18. The molecule has 0 aromatic heterocycles. The number of nitrogens with one attached hydrogen (secondary N) is 2. The lowest BCUT2D eigenvalue weighted by atomic mass is 9.43. The van der Waals surface area contributed by atoms with E-state index in [2.05, 4.69) is 26.1 Å². The quantitative estimate of drug-likeness (QED) is 0.201. The van der Waals surface area contributed by atoms with Crippen LogP contribution < -0.4 is 10.8 Å². The minimum Gasteiger partial charge on any atom is -0.393 e. The van der Waals surface area contributed by atoms with E-state index in [1.165, 1.54) is 25.7 Å². The highest BCUT2D eigenvalue weighted by atomic mass is 16.5. The maximum atomic E-state index is 12.4. The van der Waals surface area contributed by atoms with Crippen molar-refractivity contribution in [3.63, 3.8) is 0 Å². The summed E-state index contributed by atoms with van der Waals surface area (Å²) < 4.78 is 0. The van der Waals surface area contributed by atoms with Gasteiger partial charge in [0.2, 0.25) is 11.8 Å². The van der Waals surface area contributed by atoms with Crippen molar-refractivity contribution in [1.29, 1.82) is 0 Å². The molecule has 0 heterocycles. The molecule has 0 spiro atoms. The molecule has 0 saturated heterocycles. The van der Waals surface area contributed by atoms with Gasteiger partial charge in [0.05, 0.1) is 12.2 Å². The average molecular weight is 493 g/mol. The zero-order valence-electron chi connectivity index (χ0n) is 22.0. The van der Waals surface area contributed by atoms with Crippen LogP contribution in [0.25, 0.3) is 0 Å². The standard InChI is InChI=1S/C28H48N2O5/c1-17(6-9-24(33)29-14-4-5-25(34)30-35)20-7-8-21-26-22(11-13-28(20,21)3)27(2)12-10-19(31)15-18(27)16-23(26)32/h17-23,26,31-32,35H,4-16H2,1-3H3,(H,29,33)(H,30,34)/t17-,18?,19-,20?,21?,22?,23?,26?,27?,28?/m1/s1. The fraction of sp³-hybridized carbons (Fsp3) is 0.929. The number of amides is 2. The largest absolute Gasteiger partial charge is 0.393 e. The number of aliphatic hydroxyl groups is 2. The number of rotatable bonds is 8. The molecule has 10 atom stereocenters. The van der Waals surface area contributed by atoms with E-state index in [1.807, 2.05) is 0 Å². The summed E-state index contributed by atoms with van der Waals surface area (Å²) in [6, 6.07) is 0. The van der Waals surface area contributed by atoms with Gasteiger partial charge in [-0.05, 0) is 111 Å². The highest BCUT2D eigenvalue weighted by Gasteiger charge is 2.62. The van der Waals surface area contributed by atoms with Crippen LogP contribution in [0, 0.1) is 46.3 Å². The van der Waals surface area contributed by atoms with Gasteiger partial charge in [-0.25, -0.2) is 5.48 Å². The normalized spacial score (nSPS) is 43.4. The molecule has 8 unspecified atom stereocenters. The number of hydrogen-bond donors (Lipinski definition) is 5. The van der Waals surface area contributed by atoms with Gasteiger partial charge in [0.1, 0.15) is 0 Å². The molecule has 35 heavy (non-hydrogen) atoms. The fourth-order valence-corrected chi connectivity index (χ4v) is 9.36. The lowest BCUT2D eigenvalue weighted by Crippen LogP contribution is -2.58. The predicted octanol–water partition coefficient (Wildman–Crippen LogP) is 3.80. The average Bonchev–Trinajstić information content (AvgIpc) is 3.18. The molecule has 5 N–H and O–H groups in total. The summed E-state index contributed by atoms with van der Waals surface area (Å²) in [6.45, 7) is 7.68. The van der Waals surface area contributed by atoms with E-state index >= 15 is 0 Å². The van der Waals surface area contributed by atoms with Gasteiger partial charge in [0.15, 0.2) is 0 Å². The van der Waals surface area contributed by atoms with Gasteiger partial charge in [-0.1, -0.05) is 20.8 Å². The van der Waals surface area contributed by atoms with E-state index < -0.39 is 5.91 Å². The van der Waals surface area contributed by atoms with Crippen LogP contribution in [0.2, 0.25) is 0 Å². The fourth-order valence-electron chi connectivity index (χ4n) is 9.36. The SMILES string of the molecule is C[C@H](CCC(=O)NCCCC(=O)NO)C1CCC2C3C(O)CC4C[C@H](O)CCC4(C)C3CCC21C. The molecule has 0 aliphatic heterocycles. The van der Waals surface area contributed by atoms with Gasteiger partial charge in [0.25, 0.3) is 0 Å². The van der Waals surface area contributed by atoms with Crippen molar-refractivity contribution in [2.75, 3.05) is 6.54 Å². The van der Waals surface area contributed by atoms with Crippen molar-refractivity contribution in [3.8, 4) is 0 Å². The van der Waals surface area contributed by atoms with Crippen molar-refractivity contribution in [3.05, 3.63) is 0 Å². The Kier molecular flexibility index (Phi) is 8.19. The summed E-state index contributed by atoms with van der Waals surface area (Å²) in [4.78, 5) is 23.4. The second-order valence-corrected chi connectivity index (χ2v) is 13.0. The number of aliphatic hydroxyl groups excluding tert-OH is 2. The minimum atomic E-state index is -0.430. The summed E-state index contributed by atoms with van der Waals surface area (Å²) in [7, 11) is 0. The summed E-state index contributed by atoms with van der Waals surface area (Å²) in [5.74, 6) is 2.59. The van der Waals surface area contributed by atoms with Crippen LogP contribution in [0.5, 0.6) is 0 Å². The first-order valence-corrected chi connectivity index (χ1v) is 14.2. The van der Waals surface area contributed by atoms with Crippen LogP contribution in [0.4, 0.5) is 0 Å². The molecule has 7 nitrogen and oxygen atoms in total. The van der Waals surface area contributed by atoms with Gasteiger partial charge in [-0.2, -0.15) is 0 Å². The Morgan fingerprint density at radius 3 is 2.40 bits per heavy atom. The van der Waals surface area contributed by atoms with Crippen molar-refractivity contribution in [2.24, 2.45) is 46.3 Å². The van der Waals surface area contributed by atoms with Crippen LogP contribution in [-0.4, -0.2) is 46.0 Å². The van der Waals surface area contributed by atoms with Crippen LogP contribution in [0.15, 0.2) is 0 Å². The maximum Gasteiger partial charge on any atom is 0.243 e. The molecule has 200 valence electrons. The molecule has 0 aromatic rings. The predicted molar refractivity (Wildman–Crippen MR) is 133 cm³/mol. The van der Waals surface area contributed by atoms with Crippen molar-refractivity contribution < 1.29 is 25.0 Å². The molecule has 0 bridgehead atoms. The Morgan fingerprint density at radius 1 is 0.943 bits per heavy atom. The maximum absolute atomic E-state index is 12.4. The highest BCUT2D eigenvalue weighted by molar-refractivity contribution is 5.76. The van der Waals surface area contributed by atoms with Gasteiger partial charge < -0.3 is 15.5 Å². The molecule has 7 heteroatoms. The minimum absolute atomic E-state index is 0.0332. The van der Waals surface area contributed by atoms with Gasteiger partial charge in [-0.3, -0.25) is 14.8 Å². The molecule has 0 radical (unpaired) electrons. The van der Waals surface area contributed by atoms with E-state index in [9.17, 15) is 19.8 Å². The topological polar surface area (TPSA) is 119 Å². The van der Waals surface area contributed by atoms with E-state index in [0.29, 0.717) is 54.9 Å². The molecular weight excluding hydrogens is 444 g/mol. The number of hydroxylamine groups is 1. The molecule has 4 fully saturated rings.